The summed E-state index contributed by atoms with van der Waals surface area (Å²) in [5.41, 5.74) is -3.80. The van der Waals surface area contributed by atoms with Gasteiger partial charge in [-0.2, -0.15) is 8.42 Å². The van der Waals surface area contributed by atoms with Crippen LogP contribution in [0.4, 0.5) is 26.3 Å². The molecule has 15 heavy (non-hydrogen) atoms. The van der Waals surface area contributed by atoms with Gasteiger partial charge in [0.1, 0.15) is 0 Å². The van der Waals surface area contributed by atoms with Crippen molar-refractivity contribution in [2.45, 2.75) is 30.4 Å². The lowest BCUT2D eigenvalue weighted by Crippen LogP contribution is -2.41. The molecule has 92 valence electrons. The molecule has 3 nitrogen and oxygen atoms in total. The Balaban J connectivity index is 4.65. The number of hydrogen-bond acceptors (Lipinski definition) is 2. The molecule has 0 aromatic heterocycles. The summed E-state index contributed by atoms with van der Waals surface area (Å²) in [7, 11) is -5.60. The predicted molar refractivity (Wildman–Crippen MR) is 37.1 cm³/mol. The van der Waals surface area contributed by atoms with Crippen LogP contribution in [0.5, 0.6) is 0 Å². The summed E-state index contributed by atoms with van der Waals surface area (Å²) in [6, 6.07) is 0. The van der Waals surface area contributed by atoms with Gasteiger partial charge < -0.3 is 0 Å². The van der Waals surface area contributed by atoms with Crippen LogP contribution in [0.2, 0.25) is 0 Å². The van der Waals surface area contributed by atoms with Crippen LogP contribution >= 0.6 is 0 Å². The van der Waals surface area contributed by atoms with Crippen molar-refractivity contribution in [3.8, 4) is 0 Å². The molecule has 0 aromatic rings. The molecule has 4 unspecified atom stereocenters. The van der Waals surface area contributed by atoms with Crippen molar-refractivity contribution in [1.29, 1.82) is 0 Å². The normalized spacial score (nSPS) is 21.1. The first-order valence-electron chi connectivity index (χ1n) is 3.39. The van der Waals surface area contributed by atoms with Crippen LogP contribution in [0.3, 0.4) is 0 Å². The van der Waals surface area contributed by atoms with E-state index in [1.54, 1.807) is 0 Å². The Labute approximate surface area is 80.8 Å². The Morgan fingerprint density at radius 1 is 0.800 bits per heavy atom. The molecule has 0 heterocycles. The molecule has 0 spiro atoms. The minimum Gasteiger partial charge on any atom is -0.283 e. The Hall–Kier alpha value is -0.510. The first-order valence-corrected chi connectivity index (χ1v) is 4.90. The first kappa shape index (κ1) is 14.5. The maximum absolute atomic E-state index is 12.4. The van der Waals surface area contributed by atoms with E-state index in [2.05, 4.69) is 0 Å². The van der Waals surface area contributed by atoms with E-state index in [4.69, 9.17) is 4.55 Å². The molecule has 0 radical (unpaired) electrons. The average Bonchev–Trinajstić information content (AvgIpc) is 2.11. The van der Waals surface area contributed by atoms with E-state index in [1.165, 1.54) is 0 Å². The molecule has 1 N–H and O–H groups in total. The van der Waals surface area contributed by atoms with E-state index in [1.807, 2.05) is 0 Å². The summed E-state index contributed by atoms with van der Waals surface area (Å²) in [6.45, 7) is 0. The van der Waals surface area contributed by atoms with Gasteiger partial charge in [0.05, 0.1) is 0 Å². The Morgan fingerprint density at radius 2 is 1.20 bits per heavy atom. The van der Waals surface area contributed by atoms with Crippen molar-refractivity contribution in [2.24, 2.45) is 0 Å². The second kappa shape index (κ2) is 5.01. The van der Waals surface area contributed by atoms with E-state index in [0.717, 1.165) is 0 Å². The quantitative estimate of drug-likeness (QED) is 0.601. The highest BCUT2D eigenvalue weighted by Crippen LogP contribution is 2.23. The summed E-state index contributed by atoms with van der Waals surface area (Å²) in [5, 5.41) is 0. The van der Waals surface area contributed by atoms with Crippen LogP contribution < -0.4 is 0 Å². The van der Waals surface area contributed by atoms with Crippen LogP contribution in [-0.4, -0.2) is 43.4 Å². The third-order valence-electron chi connectivity index (χ3n) is 1.38. The highest BCUT2D eigenvalue weighted by molar-refractivity contribution is 7.86. The van der Waals surface area contributed by atoms with Gasteiger partial charge in [-0.3, -0.25) is 4.55 Å². The van der Waals surface area contributed by atoms with Crippen molar-refractivity contribution >= 4 is 10.1 Å². The lowest BCUT2D eigenvalue weighted by Gasteiger charge is -2.18. The van der Waals surface area contributed by atoms with Gasteiger partial charge in [0.15, 0.2) is 18.5 Å². The topological polar surface area (TPSA) is 54.4 Å². The summed E-state index contributed by atoms with van der Waals surface area (Å²) >= 11 is 0. The summed E-state index contributed by atoms with van der Waals surface area (Å²) in [5.74, 6) is 0. The lowest BCUT2D eigenvalue weighted by atomic mass is 10.2. The number of rotatable bonds is 5. The molecule has 10 heteroatoms. The molecular formula is C5H6F6O3S. The second-order valence-electron chi connectivity index (χ2n) is 2.53. The van der Waals surface area contributed by atoms with Crippen molar-refractivity contribution < 1.29 is 39.3 Å². The maximum atomic E-state index is 12.4. The summed E-state index contributed by atoms with van der Waals surface area (Å²) < 4.78 is 100.0. The van der Waals surface area contributed by atoms with Gasteiger partial charge in [0.25, 0.3) is 11.9 Å². The van der Waals surface area contributed by atoms with Crippen LogP contribution in [-0.2, 0) is 10.1 Å². The van der Waals surface area contributed by atoms with E-state index in [0.29, 0.717) is 0 Å². The number of halogens is 6. The standard InChI is InChI=1S/C5H6F6O3S/c6-1(2(7)4(9)10)3(8)5(11)15(12,13)14/h1-5H,(H,12,13,14). The Morgan fingerprint density at radius 3 is 1.47 bits per heavy atom. The Kier molecular flexibility index (Phi) is 4.84. The molecule has 4 atom stereocenters. The zero-order valence-electron chi connectivity index (χ0n) is 6.83. The largest absolute Gasteiger partial charge is 0.300 e. The smallest absolute Gasteiger partial charge is 0.283 e. The van der Waals surface area contributed by atoms with Gasteiger partial charge in [-0.05, 0) is 0 Å². The second-order valence-corrected chi connectivity index (χ2v) is 4.01. The third kappa shape index (κ3) is 3.86. The molecular weight excluding hydrogens is 254 g/mol. The van der Waals surface area contributed by atoms with Gasteiger partial charge in [0, 0.05) is 0 Å². The summed E-state index contributed by atoms with van der Waals surface area (Å²) in [4.78, 5) is 0. The van der Waals surface area contributed by atoms with Gasteiger partial charge in [0.2, 0.25) is 0 Å². The highest BCUT2D eigenvalue weighted by Gasteiger charge is 2.45. The fraction of sp³-hybridized carbons (Fsp3) is 1.00. The molecule has 0 rings (SSSR count). The fourth-order valence-electron chi connectivity index (χ4n) is 0.623. The van der Waals surface area contributed by atoms with Crippen LogP contribution in [0, 0.1) is 0 Å². The lowest BCUT2D eigenvalue weighted by molar-refractivity contribution is -0.0317. The zero-order valence-corrected chi connectivity index (χ0v) is 7.64. The molecule has 0 aliphatic rings. The molecule has 0 aromatic carbocycles. The average molecular weight is 260 g/mol. The predicted octanol–water partition coefficient (Wildman–Crippen LogP) is 1.45. The van der Waals surface area contributed by atoms with Crippen LogP contribution in [0.1, 0.15) is 0 Å². The molecule has 0 bridgehead atoms. The van der Waals surface area contributed by atoms with E-state index in [9.17, 15) is 34.8 Å². The molecule has 0 saturated heterocycles. The van der Waals surface area contributed by atoms with Gasteiger partial charge in [-0.25, -0.2) is 26.3 Å². The van der Waals surface area contributed by atoms with Crippen molar-refractivity contribution in [1.82, 2.24) is 0 Å². The van der Waals surface area contributed by atoms with Gasteiger partial charge in [-0.1, -0.05) is 0 Å². The molecule has 0 amide bonds. The van der Waals surface area contributed by atoms with Crippen molar-refractivity contribution in [3.05, 3.63) is 0 Å². The monoisotopic (exact) mass is 260 g/mol. The van der Waals surface area contributed by atoms with E-state index in [-0.39, 0.29) is 0 Å². The van der Waals surface area contributed by atoms with E-state index < -0.39 is 40.6 Å². The molecule has 0 aliphatic carbocycles. The van der Waals surface area contributed by atoms with Gasteiger partial charge >= 0.3 is 10.1 Å². The zero-order chi connectivity index (χ0) is 12.4. The van der Waals surface area contributed by atoms with Crippen molar-refractivity contribution in [2.75, 3.05) is 0 Å². The minimum atomic E-state index is -5.60. The number of hydrogen-bond donors (Lipinski definition) is 1. The van der Waals surface area contributed by atoms with E-state index >= 15 is 0 Å². The minimum absolute atomic E-state index is 3.67. The number of alkyl halides is 6. The molecule has 0 fully saturated rings. The molecule has 0 saturated carbocycles. The summed E-state index contributed by atoms with van der Waals surface area (Å²) in [6.07, 6.45) is -15.0. The van der Waals surface area contributed by atoms with Crippen molar-refractivity contribution in [3.63, 3.8) is 0 Å². The molecule has 0 aliphatic heterocycles. The van der Waals surface area contributed by atoms with Crippen LogP contribution in [0.15, 0.2) is 0 Å². The van der Waals surface area contributed by atoms with Crippen LogP contribution in [0.25, 0.3) is 0 Å². The third-order valence-corrected chi connectivity index (χ3v) is 2.21. The maximum Gasteiger partial charge on any atom is 0.300 e. The first-order chi connectivity index (χ1) is 6.59. The fourth-order valence-corrected chi connectivity index (χ4v) is 1.10. The Bertz CT molecular complexity index is 293. The highest BCUT2D eigenvalue weighted by atomic mass is 32.2. The van der Waals surface area contributed by atoms with Gasteiger partial charge in [-0.15, -0.1) is 0 Å². The SMILES string of the molecule is O=S(=O)(O)C(F)C(F)C(F)C(F)C(F)F.